The summed E-state index contributed by atoms with van der Waals surface area (Å²) in [5.41, 5.74) is 2.40. The van der Waals surface area contributed by atoms with Crippen molar-refractivity contribution in [3.8, 4) is 5.75 Å². The minimum Gasteiger partial charge on any atom is -0.497 e. The number of hydrogen-bond acceptors (Lipinski definition) is 2. The van der Waals surface area contributed by atoms with Gasteiger partial charge >= 0.3 is 0 Å². The van der Waals surface area contributed by atoms with Crippen LogP contribution in [0, 0.1) is 0 Å². The molecule has 0 bridgehead atoms. The predicted molar refractivity (Wildman–Crippen MR) is 70.4 cm³/mol. The molecule has 1 aromatic carbocycles. The van der Waals surface area contributed by atoms with Crippen molar-refractivity contribution in [3.05, 3.63) is 39.5 Å². The first-order valence-corrected chi connectivity index (χ1v) is 5.97. The van der Waals surface area contributed by atoms with Gasteiger partial charge in [-0.1, -0.05) is 34.7 Å². The third-order valence-corrected chi connectivity index (χ3v) is 3.01. The molecule has 0 saturated carbocycles. The zero-order valence-electron chi connectivity index (χ0n) is 9.00. The molecule has 1 rings (SSSR count). The Labute approximate surface area is 104 Å². The van der Waals surface area contributed by atoms with Crippen molar-refractivity contribution >= 4 is 22.6 Å². The molecule has 0 radical (unpaired) electrons. The zero-order valence-corrected chi connectivity index (χ0v) is 11.2. The maximum Gasteiger partial charge on any atom is 0.118 e. The molecule has 0 aliphatic heterocycles. The van der Waals surface area contributed by atoms with E-state index < -0.39 is 0 Å². The normalized spacial score (nSPS) is 11.5. The molecule has 0 N–H and O–H groups in total. The molecule has 0 atom stereocenters. The van der Waals surface area contributed by atoms with Gasteiger partial charge in [-0.15, -0.1) is 0 Å². The van der Waals surface area contributed by atoms with Crippen molar-refractivity contribution in [2.75, 3.05) is 13.7 Å². The molecule has 0 amide bonds. The maximum atomic E-state index is 5.53. The van der Waals surface area contributed by atoms with Crippen molar-refractivity contribution in [2.24, 2.45) is 0 Å². The summed E-state index contributed by atoms with van der Waals surface area (Å²) in [4.78, 5) is 0. The molecular formula is C12H15IO2. The molecular weight excluding hydrogens is 303 g/mol. The van der Waals surface area contributed by atoms with Crippen molar-refractivity contribution in [1.29, 1.82) is 0 Å². The number of methoxy groups -OCH3 is 1. The molecule has 0 unspecified atom stereocenters. The van der Waals surface area contributed by atoms with Crippen LogP contribution in [-0.4, -0.2) is 13.7 Å². The van der Waals surface area contributed by atoms with E-state index in [1.54, 1.807) is 7.11 Å². The van der Waals surface area contributed by atoms with Gasteiger partial charge in [-0.3, -0.25) is 0 Å². The molecule has 0 spiro atoms. The van der Waals surface area contributed by atoms with Gasteiger partial charge in [-0.25, -0.2) is 0 Å². The van der Waals surface area contributed by atoms with Crippen LogP contribution in [-0.2, 0) is 11.3 Å². The van der Waals surface area contributed by atoms with E-state index in [2.05, 4.69) is 29.5 Å². The van der Waals surface area contributed by atoms with Crippen LogP contribution >= 0.6 is 22.6 Å². The van der Waals surface area contributed by atoms with Crippen molar-refractivity contribution in [2.45, 2.75) is 13.5 Å². The highest BCUT2D eigenvalue weighted by Gasteiger charge is 1.95. The number of benzene rings is 1. The van der Waals surface area contributed by atoms with E-state index in [0.717, 1.165) is 11.3 Å². The van der Waals surface area contributed by atoms with Crippen LogP contribution in [0.2, 0.25) is 0 Å². The lowest BCUT2D eigenvalue weighted by Crippen LogP contribution is -1.96. The fraction of sp³-hybridized carbons (Fsp3) is 0.333. The van der Waals surface area contributed by atoms with Crippen LogP contribution < -0.4 is 4.74 Å². The third kappa shape index (κ3) is 4.66. The zero-order chi connectivity index (χ0) is 11.1. The molecule has 3 heteroatoms. The Morgan fingerprint density at radius 1 is 1.33 bits per heavy atom. The highest BCUT2D eigenvalue weighted by atomic mass is 127. The van der Waals surface area contributed by atoms with Crippen molar-refractivity contribution in [3.63, 3.8) is 0 Å². The number of hydrogen-bond donors (Lipinski definition) is 0. The van der Waals surface area contributed by atoms with Gasteiger partial charge in [0.05, 0.1) is 20.3 Å². The summed E-state index contributed by atoms with van der Waals surface area (Å²) in [5, 5.41) is 0. The Bertz CT molecular complexity index is 317. The summed E-state index contributed by atoms with van der Waals surface area (Å²) >= 11 is 2.22. The van der Waals surface area contributed by atoms with Gasteiger partial charge in [0.1, 0.15) is 5.75 Å². The average molecular weight is 318 g/mol. The van der Waals surface area contributed by atoms with Crippen LogP contribution in [0.25, 0.3) is 0 Å². The molecule has 0 saturated heterocycles. The van der Waals surface area contributed by atoms with Crippen LogP contribution in [0.15, 0.2) is 33.9 Å². The lowest BCUT2D eigenvalue weighted by Gasteiger charge is -2.05. The van der Waals surface area contributed by atoms with E-state index in [4.69, 9.17) is 9.47 Å². The summed E-state index contributed by atoms with van der Waals surface area (Å²) in [5.74, 6) is 0.877. The molecule has 0 aliphatic rings. The first kappa shape index (κ1) is 12.5. The van der Waals surface area contributed by atoms with Gasteiger partial charge in [0, 0.05) is 0 Å². The standard InChI is InChI=1S/C12H15IO2/c1-10(7-13)8-15-9-11-3-5-12(14-2)6-4-11/h3-7H,8-9H2,1-2H3. The van der Waals surface area contributed by atoms with Crippen LogP contribution in [0.3, 0.4) is 0 Å². The van der Waals surface area contributed by atoms with Gasteiger partial charge < -0.3 is 9.47 Å². The fourth-order valence-electron chi connectivity index (χ4n) is 1.08. The van der Waals surface area contributed by atoms with Gasteiger partial charge in [0.15, 0.2) is 0 Å². The quantitative estimate of drug-likeness (QED) is 0.773. The second-order valence-corrected chi connectivity index (χ2v) is 3.92. The highest BCUT2D eigenvalue weighted by Crippen LogP contribution is 2.12. The first-order valence-electron chi connectivity index (χ1n) is 4.73. The summed E-state index contributed by atoms with van der Waals surface area (Å²) in [7, 11) is 1.67. The number of ether oxygens (including phenoxy) is 2. The van der Waals surface area contributed by atoms with E-state index in [0.29, 0.717) is 13.2 Å². The predicted octanol–water partition coefficient (Wildman–Crippen LogP) is 3.55. The molecule has 82 valence electrons. The summed E-state index contributed by atoms with van der Waals surface area (Å²) < 4.78 is 12.6. The minimum atomic E-state index is 0.645. The molecule has 0 heterocycles. The SMILES string of the molecule is COc1ccc(COCC(C)=CI)cc1. The van der Waals surface area contributed by atoms with E-state index in [-0.39, 0.29) is 0 Å². The second-order valence-electron chi connectivity index (χ2n) is 3.30. The number of halogens is 1. The van der Waals surface area contributed by atoms with Crippen molar-refractivity contribution < 1.29 is 9.47 Å². The Hall–Kier alpha value is -0.550. The Balaban J connectivity index is 2.38. The fourth-order valence-corrected chi connectivity index (χ4v) is 1.26. The van der Waals surface area contributed by atoms with Gasteiger partial charge in [-0.05, 0) is 34.3 Å². The minimum absolute atomic E-state index is 0.645. The van der Waals surface area contributed by atoms with Gasteiger partial charge in [-0.2, -0.15) is 0 Å². The highest BCUT2D eigenvalue weighted by molar-refractivity contribution is 14.1. The average Bonchev–Trinajstić information content (AvgIpc) is 2.29. The second kappa shape index (κ2) is 6.85. The van der Waals surface area contributed by atoms with Gasteiger partial charge in [0.25, 0.3) is 0 Å². The summed E-state index contributed by atoms with van der Waals surface area (Å²) in [6.07, 6.45) is 0. The van der Waals surface area contributed by atoms with E-state index in [1.807, 2.05) is 28.3 Å². The largest absolute Gasteiger partial charge is 0.497 e. The monoisotopic (exact) mass is 318 g/mol. The summed E-state index contributed by atoms with van der Waals surface area (Å²) in [6, 6.07) is 7.92. The Morgan fingerprint density at radius 2 is 2.00 bits per heavy atom. The lowest BCUT2D eigenvalue weighted by molar-refractivity contribution is 0.143. The molecule has 0 fully saturated rings. The van der Waals surface area contributed by atoms with E-state index in [9.17, 15) is 0 Å². The smallest absolute Gasteiger partial charge is 0.118 e. The van der Waals surface area contributed by atoms with Crippen LogP contribution in [0.5, 0.6) is 5.75 Å². The topological polar surface area (TPSA) is 18.5 Å². The Kier molecular flexibility index (Phi) is 5.71. The van der Waals surface area contributed by atoms with Crippen LogP contribution in [0.4, 0.5) is 0 Å². The molecule has 2 nitrogen and oxygen atoms in total. The molecule has 15 heavy (non-hydrogen) atoms. The van der Waals surface area contributed by atoms with E-state index >= 15 is 0 Å². The first-order chi connectivity index (χ1) is 7.26. The Morgan fingerprint density at radius 3 is 2.53 bits per heavy atom. The van der Waals surface area contributed by atoms with Crippen LogP contribution in [0.1, 0.15) is 12.5 Å². The molecule has 1 aromatic rings. The van der Waals surface area contributed by atoms with Crippen molar-refractivity contribution in [1.82, 2.24) is 0 Å². The third-order valence-electron chi connectivity index (χ3n) is 1.94. The lowest BCUT2D eigenvalue weighted by atomic mass is 10.2. The van der Waals surface area contributed by atoms with Gasteiger partial charge in [0.2, 0.25) is 0 Å². The maximum absolute atomic E-state index is 5.53. The summed E-state index contributed by atoms with van der Waals surface area (Å²) in [6.45, 7) is 3.39. The molecule has 0 aliphatic carbocycles. The molecule has 0 aromatic heterocycles. The van der Waals surface area contributed by atoms with E-state index in [1.165, 1.54) is 5.57 Å². The number of rotatable bonds is 5.